The molecule has 1 aliphatic heterocycles. The molecule has 0 radical (unpaired) electrons. The number of imide groups is 1. The number of hydrogen-bond donors (Lipinski definition) is 1. The summed E-state index contributed by atoms with van der Waals surface area (Å²) in [6.07, 6.45) is 2.96. The summed E-state index contributed by atoms with van der Waals surface area (Å²) in [5.41, 5.74) is 2.72. The maximum absolute atomic E-state index is 11.8. The molecule has 2 atom stereocenters. The van der Waals surface area contributed by atoms with Gasteiger partial charge >= 0.3 is 5.97 Å². The second kappa shape index (κ2) is 11.1. The van der Waals surface area contributed by atoms with Crippen molar-refractivity contribution in [3.8, 4) is 5.75 Å². The highest BCUT2D eigenvalue weighted by atomic mass is 32.2. The van der Waals surface area contributed by atoms with E-state index in [1.165, 1.54) is 0 Å². The van der Waals surface area contributed by atoms with Gasteiger partial charge in [-0.25, -0.2) is 0 Å². The molecule has 170 valence electrons. The minimum atomic E-state index is -0.371. The molecule has 1 aromatic heterocycles. The summed E-state index contributed by atoms with van der Waals surface area (Å²) in [7, 11) is 0. The standard InChI is InChI=1S/C24H28N2O5S/c1-15(2)12-22(27)31-16(3)18-6-7-19(25-14-18)10-11-30-20-8-4-17(5-9-20)13-21-23(28)26-24(29)32-21/h4-9,14-16,21H,10-13H2,1-3H3,(H,26,28,29)/t16?,21-/m1/s1. The fraction of sp³-hybridized carbons (Fsp3) is 0.417. The maximum atomic E-state index is 11.8. The largest absolute Gasteiger partial charge is 0.493 e. The molecule has 0 spiro atoms. The van der Waals surface area contributed by atoms with Crippen LogP contribution in [0, 0.1) is 5.92 Å². The Morgan fingerprint density at radius 2 is 1.88 bits per heavy atom. The van der Waals surface area contributed by atoms with Crippen LogP contribution in [0.5, 0.6) is 5.75 Å². The van der Waals surface area contributed by atoms with E-state index in [1.54, 1.807) is 6.20 Å². The van der Waals surface area contributed by atoms with E-state index in [0.717, 1.165) is 34.3 Å². The van der Waals surface area contributed by atoms with Crippen molar-refractivity contribution in [3.63, 3.8) is 0 Å². The van der Waals surface area contributed by atoms with Crippen molar-refractivity contribution in [2.75, 3.05) is 6.61 Å². The molecule has 0 bridgehead atoms. The van der Waals surface area contributed by atoms with Crippen LogP contribution in [0.15, 0.2) is 42.6 Å². The Hall–Kier alpha value is -2.87. The topological polar surface area (TPSA) is 94.6 Å². The zero-order chi connectivity index (χ0) is 23.1. The van der Waals surface area contributed by atoms with E-state index in [4.69, 9.17) is 9.47 Å². The molecule has 1 aliphatic rings. The van der Waals surface area contributed by atoms with Crippen LogP contribution < -0.4 is 10.1 Å². The quantitative estimate of drug-likeness (QED) is 0.534. The first-order valence-electron chi connectivity index (χ1n) is 10.7. The van der Waals surface area contributed by atoms with E-state index >= 15 is 0 Å². The monoisotopic (exact) mass is 456 g/mol. The van der Waals surface area contributed by atoms with Crippen molar-refractivity contribution >= 4 is 28.9 Å². The second-order valence-electron chi connectivity index (χ2n) is 8.14. The number of aromatic nitrogens is 1. The van der Waals surface area contributed by atoms with Crippen LogP contribution in [0.1, 0.15) is 50.1 Å². The van der Waals surface area contributed by atoms with Gasteiger partial charge in [-0.3, -0.25) is 24.7 Å². The van der Waals surface area contributed by atoms with Crippen LogP contribution in [0.4, 0.5) is 4.79 Å². The number of hydrogen-bond acceptors (Lipinski definition) is 7. The zero-order valence-corrected chi connectivity index (χ0v) is 19.3. The number of rotatable bonds is 10. The van der Waals surface area contributed by atoms with Gasteiger partial charge in [0.2, 0.25) is 5.91 Å². The predicted octanol–water partition coefficient (Wildman–Crippen LogP) is 4.25. The van der Waals surface area contributed by atoms with E-state index in [9.17, 15) is 14.4 Å². The summed E-state index contributed by atoms with van der Waals surface area (Å²) in [5.74, 6) is 0.567. The predicted molar refractivity (Wildman–Crippen MR) is 122 cm³/mol. The van der Waals surface area contributed by atoms with Gasteiger partial charge in [-0.1, -0.05) is 43.8 Å². The van der Waals surface area contributed by atoms with Gasteiger partial charge in [0.05, 0.1) is 11.9 Å². The molecule has 0 saturated carbocycles. The Kier molecular flexibility index (Phi) is 8.27. The SMILES string of the molecule is CC(C)CC(=O)OC(C)c1ccc(CCOc2ccc(C[C@H]3SC(=O)NC3=O)cc2)nc1. The van der Waals surface area contributed by atoms with Gasteiger partial charge in [-0.15, -0.1) is 0 Å². The number of thioether (sulfide) groups is 1. The summed E-state index contributed by atoms with van der Waals surface area (Å²) in [6, 6.07) is 11.4. The Morgan fingerprint density at radius 3 is 2.47 bits per heavy atom. The van der Waals surface area contributed by atoms with Crippen molar-refractivity contribution in [2.24, 2.45) is 5.92 Å². The van der Waals surface area contributed by atoms with Crippen LogP contribution in [-0.2, 0) is 27.2 Å². The molecule has 0 aliphatic carbocycles. The third-order valence-electron chi connectivity index (χ3n) is 4.94. The molecule has 1 unspecified atom stereocenters. The van der Waals surface area contributed by atoms with Crippen molar-refractivity contribution < 1.29 is 23.9 Å². The smallest absolute Gasteiger partial charge is 0.306 e. The van der Waals surface area contributed by atoms with E-state index in [1.807, 2.05) is 57.2 Å². The van der Waals surface area contributed by atoms with Gasteiger partial charge in [-0.2, -0.15) is 0 Å². The Bertz CT molecular complexity index is 944. The van der Waals surface area contributed by atoms with E-state index < -0.39 is 0 Å². The van der Waals surface area contributed by atoms with Crippen LogP contribution >= 0.6 is 11.8 Å². The molecule has 1 saturated heterocycles. The normalized spacial score (nSPS) is 16.7. The molecular weight excluding hydrogens is 428 g/mol. The van der Waals surface area contributed by atoms with Crippen molar-refractivity contribution in [1.29, 1.82) is 0 Å². The van der Waals surface area contributed by atoms with E-state index in [0.29, 0.717) is 25.9 Å². The minimum Gasteiger partial charge on any atom is -0.493 e. The highest BCUT2D eigenvalue weighted by Gasteiger charge is 2.31. The average molecular weight is 457 g/mol. The molecule has 7 nitrogen and oxygen atoms in total. The van der Waals surface area contributed by atoms with Gasteiger partial charge in [0, 0.05) is 30.3 Å². The lowest BCUT2D eigenvalue weighted by Crippen LogP contribution is -2.25. The molecular formula is C24H28N2O5S. The Balaban J connectivity index is 1.42. The van der Waals surface area contributed by atoms with Gasteiger partial charge in [0.15, 0.2) is 0 Å². The van der Waals surface area contributed by atoms with Crippen LogP contribution in [0.2, 0.25) is 0 Å². The number of nitrogens with one attached hydrogen (secondary N) is 1. The fourth-order valence-electron chi connectivity index (χ4n) is 3.21. The summed E-state index contributed by atoms with van der Waals surface area (Å²) in [4.78, 5) is 39.2. The van der Waals surface area contributed by atoms with Crippen LogP contribution in [0.25, 0.3) is 0 Å². The number of pyridine rings is 1. The fourth-order valence-corrected chi connectivity index (χ4v) is 4.07. The molecule has 2 heterocycles. The molecule has 8 heteroatoms. The van der Waals surface area contributed by atoms with Crippen molar-refractivity contribution in [2.45, 2.75) is 51.4 Å². The number of amides is 2. The molecule has 2 amide bonds. The molecule has 3 rings (SSSR count). The second-order valence-corrected chi connectivity index (χ2v) is 9.32. The highest BCUT2D eigenvalue weighted by Crippen LogP contribution is 2.24. The van der Waals surface area contributed by atoms with Crippen LogP contribution in [0.3, 0.4) is 0 Å². The first-order valence-corrected chi connectivity index (χ1v) is 11.6. The summed E-state index contributed by atoms with van der Waals surface area (Å²) >= 11 is 1.03. The molecule has 2 aromatic rings. The van der Waals surface area contributed by atoms with Gasteiger partial charge < -0.3 is 9.47 Å². The highest BCUT2D eigenvalue weighted by molar-refractivity contribution is 8.15. The third-order valence-corrected chi connectivity index (χ3v) is 5.92. The lowest BCUT2D eigenvalue weighted by Gasteiger charge is -2.14. The van der Waals surface area contributed by atoms with Crippen molar-refractivity contribution in [1.82, 2.24) is 10.3 Å². The summed E-state index contributed by atoms with van der Waals surface area (Å²) in [6.45, 7) is 6.28. The minimum absolute atomic E-state index is 0.199. The number of esters is 1. The lowest BCUT2D eigenvalue weighted by molar-refractivity contribution is -0.149. The average Bonchev–Trinajstić information content (AvgIpc) is 3.05. The number of carbonyl (C=O) groups is 3. The Morgan fingerprint density at radius 1 is 1.12 bits per heavy atom. The number of carbonyl (C=O) groups excluding carboxylic acids is 3. The van der Waals surface area contributed by atoms with Gasteiger partial charge in [-0.05, 0) is 43.0 Å². The van der Waals surface area contributed by atoms with E-state index in [2.05, 4.69) is 10.3 Å². The Labute approximate surface area is 192 Å². The molecule has 32 heavy (non-hydrogen) atoms. The van der Waals surface area contributed by atoms with Gasteiger partial charge in [0.1, 0.15) is 11.9 Å². The van der Waals surface area contributed by atoms with Crippen LogP contribution in [-0.4, -0.2) is 34.0 Å². The number of benzene rings is 1. The summed E-state index contributed by atoms with van der Waals surface area (Å²) in [5, 5.41) is 1.64. The number of ether oxygens (including phenoxy) is 2. The van der Waals surface area contributed by atoms with E-state index in [-0.39, 0.29) is 34.4 Å². The zero-order valence-electron chi connectivity index (χ0n) is 18.5. The third kappa shape index (κ3) is 7.09. The number of nitrogens with zero attached hydrogens (tertiary/aromatic N) is 1. The molecule has 1 aromatic carbocycles. The molecule has 1 N–H and O–H groups in total. The lowest BCUT2D eigenvalue weighted by atomic mass is 10.1. The summed E-state index contributed by atoms with van der Waals surface area (Å²) < 4.78 is 11.2. The molecule has 1 fully saturated rings. The maximum Gasteiger partial charge on any atom is 0.306 e. The van der Waals surface area contributed by atoms with Gasteiger partial charge in [0.25, 0.3) is 5.24 Å². The van der Waals surface area contributed by atoms with Crippen molar-refractivity contribution in [3.05, 3.63) is 59.4 Å². The first kappa shape index (κ1) is 23.8. The first-order chi connectivity index (χ1) is 15.3.